The predicted molar refractivity (Wildman–Crippen MR) is 52.2 cm³/mol. The maximum Gasteiger partial charge on any atom is 0.351 e. The lowest BCUT2D eigenvalue weighted by atomic mass is 10.2. The lowest BCUT2D eigenvalue weighted by molar-refractivity contribution is 0.286. The van der Waals surface area contributed by atoms with Crippen molar-refractivity contribution in [3.05, 3.63) is 22.9 Å². The van der Waals surface area contributed by atoms with Gasteiger partial charge in [-0.3, -0.25) is 0 Å². The van der Waals surface area contributed by atoms with Crippen LogP contribution in [0.2, 0.25) is 0 Å². The van der Waals surface area contributed by atoms with Gasteiger partial charge < -0.3 is 8.85 Å². The molecule has 0 N–H and O–H groups in total. The van der Waals surface area contributed by atoms with Gasteiger partial charge in [0.1, 0.15) is 0 Å². The fraction of sp³-hybridized carbons (Fsp3) is 0.556. The Morgan fingerprint density at radius 3 is 2.58 bits per heavy atom. The highest BCUT2D eigenvalue weighted by atomic mass is 28.3. The molecule has 1 aliphatic rings. The average Bonchev–Trinajstić information content (AvgIpc) is 2.55. The van der Waals surface area contributed by atoms with E-state index in [1.54, 1.807) is 14.2 Å². The lowest BCUT2D eigenvalue weighted by Crippen LogP contribution is -2.22. The van der Waals surface area contributed by atoms with Gasteiger partial charge in [-0.05, 0) is 23.6 Å². The molecular formula is C9H16O2Si. The quantitative estimate of drug-likeness (QED) is 0.619. The van der Waals surface area contributed by atoms with E-state index >= 15 is 0 Å². The van der Waals surface area contributed by atoms with Gasteiger partial charge in [0.25, 0.3) is 0 Å². The molecule has 68 valence electrons. The van der Waals surface area contributed by atoms with E-state index in [9.17, 15) is 0 Å². The fourth-order valence-corrected chi connectivity index (χ4v) is 3.23. The molecule has 0 aromatic rings. The molecule has 1 aliphatic carbocycles. The Morgan fingerprint density at radius 2 is 2.08 bits per heavy atom. The first-order valence-electron chi connectivity index (χ1n) is 4.27. The van der Waals surface area contributed by atoms with Crippen molar-refractivity contribution in [3.8, 4) is 0 Å². The van der Waals surface area contributed by atoms with E-state index in [4.69, 9.17) is 8.85 Å². The second-order valence-corrected chi connectivity index (χ2v) is 5.12. The molecule has 0 spiro atoms. The van der Waals surface area contributed by atoms with Gasteiger partial charge in [0, 0.05) is 14.2 Å². The van der Waals surface area contributed by atoms with Crippen LogP contribution in [0, 0.1) is 0 Å². The van der Waals surface area contributed by atoms with Crippen LogP contribution in [-0.2, 0) is 8.85 Å². The SMILES string of the molecule is CCC1=C([SiH](OC)OC)CC=C1. The van der Waals surface area contributed by atoms with Crippen molar-refractivity contribution in [1.82, 2.24) is 0 Å². The van der Waals surface area contributed by atoms with E-state index < -0.39 is 9.28 Å². The van der Waals surface area contributed by atoms with E-state index in [0.717, 1.165) is 12.8 Å². The van der Waals surface area contributed by atoms with Crippen LogP contribution in [0.25, 0.3) is 0 Å². The van der Waals surface area contributed by atoms with Gasteiger partial charge in [-0.2, -0.15) is 0 Å². The molecule has 0 heterocycles. The van der Waals surface area contributed by atoms with Crippen LogP contribution < -0.4 is 0 Å². The molecule has 0 fully saturated rings. The number of hydrogen-bond acceptors (Lipinski definition) is 2. The van der Waals surface area contributed by atoms with Crippen molar-refractivity contribution in [3.63, 3.8) is 0 Å². The summed E-state index contributed by atoms with van der Waals surface area (Å²) >= 11 is 0. The molecule has 0 atom stereocenters. The van der Waals surface area contributed by atoms with Crippen molar-refractivity contribution in [2.45, 2.75) is 19.8 Å². The largest absolute Gasteiger partial charge is 0.397 e. The van der Waals surface area contributed by atoms with Gasteiger partial charge in [0.05, 0.1) is 0 Å². The first kappa shape index (κ1) is 9.70. The van der Waals surface area contributed by atoms with Gasteiger partial charge >= 0.3 is 9.28 Å². The van der Waals surface area contributed by atoms with Crippen LogP contribution in [0.5, 0.6) is 0 Å². The summed E-state index contributed by atoms with van der Waals surface area (Å²) in [4.78, 5) is 0. The second-order valence-electron chi connectivity index (χ2n) is 2.81. The van der Waals surface area contributed by atoms with E-state index in [2.05, 4.69) is 19.1 Å². The summed E-state index contributed by atoms with van der Waals surface area (Å²) in [7, 11) is 1.97. The molecule has 0 unspecified atom stereocenters. The Balaban J connectivity index is 2.72. The highest BCUT2D eigenvalue weighted by molar-refractivity contribution is 6.54. The summed E-state index contributed by atoms with van der Waals surface area (Å²) in [5, 5.41) is 1.41. The highest BCUT2D eigenvalue weighted by Crippen LogP contribution is 2.23. The molecule has 2 nitrogen and oxygen atoms in total. The molecule has 3 heteroatoms. The topological polar surface area (TPSA) is 18.5 Å². The first-order chi connectivity index (χ1) is 5.83. The molecule has 0 aliphatic heterocycles. The van der Waals surface area contributed by atoms with Crippen molar-refractivity contribution in [2.75, 3.05) is 14.2 Å². The molecule has 0 bridgehead atoms. The lowest BCUT2D eigenvalue weighted by Gasteiger charge is -2.13. The molecule has 0 aromatic carbocycles. The smallest absolute Gasteiger partial charge is 0.351 e. The minimum Gasteiger partial charge on any atom is -0.397 e. The third-order valence-electron chi connectivity index (χ3n) is 2.16. The zero-order valence-electron chi connectivity index (χ0n) is 7.96. The van der Waals surface area contributed by atoms with Gasteiger partial charge in [-0.15, -0.1) is 0 Å². The number of allylic oxidation sites excluding steroid dienone is 4. The fourth-order valence-electron chi connectivity index (χ4n) is 1.54. The van der Waals surface area contributed by atoms with Gasteiger partial charge in [-0.1, -0.05) is 19.1 Å². The normalized spacial score (nSPS) is 16.7. The second kappa shape index (κ2) is 4.60. The van der Waals surface area contributed by atoms with Crippen LogP contribution in [0.4, 0.5) is 0 Å². The number of hydrogen-bond donors (Lipinski definition) is 0. The summed E-state index contributed by atoms with van der Waals surface area (Å²) in [5.41, 5.74) is 1.41. The van der Waals surface area contributed by atoms with Crippen molar-refractivity contribution in [2.24, 2.45) is 0 Å². The Hall–Kier alpha value is -0.383. The Bertz CT molecular complexity index is 205. The van der Waals surface area contributed by atoms with Crippen LogP contribution in [-0.4, -0.2) is 23.5 Å². The van der Waals surface area contributed by atoms with Gasteiger partial charge in [0.15, 0.2) is 0 Å². The molecule has 1 rings (SSSR count). The minimum atomic E-state index is -1.50. The van der Waals surface area contributed by atoms with Crippen LogP contribution in [0.3, 0.4) is 0 Å². The zero-order chi connectivity index (χ0) is 8.97. The predicted octanol–water partition coefficient (Wildman–Crippen LogP) is 1.71. The third kappa shape index (κ3) is 1.86. The van der Waals surface area contributed by atoms with Crippen molar-refractivity contribution < 1.29 is 8.85 Å². The van der Waals surface area contributed by atoms with Gasteiger partial charge in [0.2, 0.25) is 0 Å². The van der Waals surface area contributed by atoms with Crippen LogP contribution in [0.15, 0.2) is 22.9 Å². The Labute approximate surface area is 75.7 Å². The van der Waals surface area contributed by atoms with E-state index in [1.165, 1.54) is 10.8 Å². The van der Waals surface area contributed by atoms with E-state index in [-0.39, 0.29) is 0 Å². The molecular weight excluding hydrogens is 168 g/mol. The van der Waals surface area contributed by atoms with Crippen LogP contribution >= 0.6 is 0 Å². The third-order valence-corrected chi connectivity index (χ3v) is 4.19. The molecule has 0 saturated heterocycles. The molecule has 0 radical (unpaired) electrons. The monoisotopic (exact) mass is 184 g/mol. The Morgan fingerprint density at radius 1 is 1.42 bits per heavy atom. The summed E-state index contributed by atoms with van der Waals surface area (Å²) in [6.45, 7) is 2.17. The summed E-state index contributed by atoms with van der Waals surface area (Å²) < 4.78 is 10.7. The summed E-state index contributed by atoms with van der Waals surface area (Å²) in [6, 6.07) is 0. The standard InChI is InChI=1S/C9H16O2Si/c1-4-8-6-5-7-9(8)12(10-2)11-3/h5-6,12H,4,7H2,1-3H3. The molecule has 0 amide bonds. The first-order valence-corrected chi connectivity index (χ1v) is 5.79. The molecule has 12 heavy (non-hydrogen) atoms. The van der Waals surface area contributed by atoms with E-state index in [0.29, 0.717) is 0 Å². The molecule has 0 aromatic heterocycles. The maximum atomic E-state index is 5.33. The Kier molecular flexibility index (Phi) is 3.72. The summed E-state index contributed by atoms with van der Waals surface area (Å²) in [6.07, 6.45) is 6.49. The van der Waals surface area contributed by atoms with E-state index in [1.807, 2.05) is 0 Å². The molecule has 0 saturated carbocycles. The highest BCUT2D eigenvalue weighted by Gasteiger charge is 2.20. The van der Waals surface area contributed by atoms with Crippen molar-refractivity contribution in [1.29, 1.82) is 0 Å². The minimum absolute atomic E-state index is 1.03. The van der Waals surface area contributed by atoms with Gasteiger partial charge in [-0.25, -0.2) is 0 Å². The number of rotatable bonds is 4. The summed E-state index contributed by atoms with van der Waals surface area (Å²) in [5.74, 6) is 0. The maximum absolute atomic E-state index is 5.33. The average molecular weight is 184 g/mol. The van der Waals surface area contributed by atoms with Crippen molar-refractivity contribution >= 4 is 9.28 Å². The van der Waals surface area contributed by atoms with Crippen LogP contribution in [0.1, 0.15) is 19.8 Å². The zero-order valence-corrected chi connectivity index (χ0v) is 9.12.